The predicted molar refractivity (Wildman–Crippen MR) is 117 cm³/mol. The quantitative estimate of drug-likeness (QED) is 0.516. The molecule has 3 aromatic rings. The third-order valence-corrected chi connectivity index (χ3v) is 5.10. The van der Waals surface area contributed by atoms with Crippen LogP contribution < -0.4 is 16.0 Å². The van der Waals surface area contributed by atoms with Crippen molar-refractivity contribution >= 4 is 11.7 Å². The van der Waals surface area contributed by atoms with Crippen molar-refractivity contribution < 1.29 is 19.1 Å². The largest absolute Gasteiger partial charge is 0.471 e. The molecular formula is C22H23N7O4. The minimum absolute atomic E-state index is 0.0149. The van der Waals surface area contributed by atoms with Gasteiger partial charge in [-0.05, 0) is 19.1 Å². The fraction of sp³-hybridized carbons (Fsp3) is 0.318. The molecule has 1 amide bonds. The molecule has 11 nitrogen and oxygen atoms in total. The summed E-state index contributed by atoms with van der Waals surface area (Å²) in [5.41, 5.74) is 9.53. The van der Waals surface area contributed by atoms with Crippen molar-refractivity contribution in [2.24, 2.45) is 7.05 Å². The van der Waals surface area contributed by atoms with E-state index < -0.39 is 12.0 Å². The Hall–Kier alpha value is -4.01. The molecule has 1 fully saturated rings. The first-order valence-corrected chi connectivity index (χ1v) is 10.3. The van der Waals surface area contributed by atoms with Gasteiger partial charge in [-0.25, -0.2) is 15.4 Å². The van der Waals surface area contributed by atoms with Crippen LogP contribution in [0.2, 0.25) is 0 Å². The summed E-state index contributed by atoms with van der Waals surface area (Å²) < 4.78 is 13.1. The van der Waals surface area contributed by atoms with E-state index >= 15 is 0 Å². The monoisotopic (exact) mass is 449 g/mol. The van der Waals surface area contributed by atoms with Gasteiger partial charge >= 0.3 is 0 Å². The first-order valence-electron chi connectivity index (χ1n) is 10.3. The predicted octanol–water partition coefficient (Wildman–Crippen LogP) is 1.92. The Bertz CT molecular complexity index is 1200. The number of aromatic nitrogens is 4. The maximum absolute atomic E-state index is 13.0. The maximum Gasteiger partial charge on any atom is 0.284 e. The first-order chi connectivity index (χ1) is 16.0. The van der Waals surface area contributed by atoms with Gasteiger partial charge in [0.1, 0.15) is 29.4 Å². The molecule has 33 heavy (non-hydrogen) atoms. The Morgan fingerprint density at radius 2 is 2.27 bits per heavy atom. The highest BCUT2D eigenvalue weighted by Gasteiger charge is 2.27. The Kier molecular flexibility index (Phi) is 6.48. The molecule has 0 bridgehead atoms. The van der Waals surface area contributed by atoms with Gasteiger partial charge in [0.15, 0.2) is 5.82 Å². The van der Waals surface area contributed by atoms with Gasteiger partial charge in [0.25, 0.3) is 5.91 Å². The standard InChI is InChI=1S/C22H23N7O4/c1-13(20-25-7-8-29(20)2)33-28-21(30)17-18(24)26-19(15-5-3-4-14(10-15)11-23)27-22(17)32-16-6-9-31-12-16/h3-5,7-8,10,13,16H,6,9,12H2,1-2H3,(H,28,30)(H2,24,26,27)/t13?,16-/m0/s1. The van der Waals surface area contributed by atoms with Crippen molar-refractivity contribution in [1.29, 1.82) is 5.26 Å². The van der Waals surface area contributed by atoms with Crippen LogP contribution in [0.3, 0.4) is 0 Å². The zero-order valence-corrected chi connectivity index (χ0v) is 18.2. The van der Waals surface area contributed by atoms with Crippen LogP contribution >= 0.6 is 0 Å². The minimum Gasteiger partial charge on any atom is -0.471 e. The summed E-state index contributed by atoms with van der Waals surface area (Å²) in [6, 6.07) is 8.84. The molecule has 1 aromatic carbocycles. The van der Waals surface area contributed by atoms with E-state index in [0.717, 1.165) is 0 Å². The molecule has 2 aromatic heterocycles. The summed E-state index contributed by atoms with van der Waals surface area (Å²) in [6.07, 6.45) is 3.27. The summed E-state index contributed by atoms with van der Waals surface area (Å²) in [4.78, 5) is 31.4. The second-order valence-electron chi connectivity index (χ2n) is 7.50. The Morgan fingerprint density at radius 3 is 2.97 bits per heavy atom. The summed E-state index contributed by atoms with van der Waals surface area (Å²) in [7, 11) is 1.82. The molecule has 170 valence electrons. The summed E-state index contributed by atoms with van der Waals surface area (Å²) >= 11 is 0. The number of amides is 1. The van der Waals surface area contributed by atoms with E-state index in [1.165, 1.54) is 0 Å². The van der Waals surface area contributed by atoms with Gasteiger partial charge in [0.05, 0.1) is 24.8 Å². The number of ether oxygens (including phenoxy) is 2. The molecular weight excluding hydrogens is 426 g/mol. The minimum atomic E-state index is -0.653. The molecule has 0 radical (unpaired) electrons. The van der Waals surface area contributed by atoms with Crippen LogP contribution in [0.1, 0.15) is 41.2 Å². The number of hydrogen-bond acceptors (Lipinski definition) is 9. The van der Waals surface area contributed by atoms with Gasteiger partial charge in [-0.15, -0.1) is 0 Å². The van der Waals surface area contributed by atoms with Crippen molar-refractivity contribution in [3.05, 3.63) is 53.6 Å². The van der Waals surface area contributed by atoms with Gasteiger partial charge in [-0.2, -0.15) is 10.2 Å². The van der Waals surface area contributed by atoms with Crippen molar-refractivity contribution in [2.45, 2.75) is 25.6 Å². The highest BCUT2D eigenvalue weighted by molar-refractivity contribution is 6.00. The van der Waals surface area contributed by atoms with Crippen LogP contribution in [-0.4, -0.2) is 44.7 Å². The van der Waals surface area contributed by atoms with Gasteiger partial charge in [-0.3, -0.25) is 9.63 Å². The molecule has 4 rings (SSSR count). The number of nitrogens with zero attached hydrogens (tertiary/aromatic N) is 5. The lowest BCUT2D eigenvalue weighted by molar-refractivity contribution is -0.0138. The number of nitrogens with one attached hydrogen (secondary N) is 1. The SMILES string of the molecule is CC(ONC(=O)c1c(N)nc(-c2cccc(C#N)c2)nc1O[C@H]1CCOC1)c1nccn1C. The average Bonchev–Trinajstić information content (AvgIpc) is 3.48. The van der Waals surface area contributed by atoms with Crippen molar-refractivity contribution in [2.75, 3.05) is 18.9 Å². The van der Waals surface area contributed by atoms with Crippen molar-refractivity contribution in [3.63, 3.8) is 0 Å². The topological polar surface area (TPSA) is 150 Å². The fourth-order valence-electron chi connectivity index (χ4n) is 3.39. The van der Waals surface area contributed by atoms with Gasteiger partial charge in [0, 0.05) is 31.4 Å². The van der Waals surface area contributed by atoms with Crippen LogP contribution in [-0.2, 0) is 16.6 Å². The lowest BCUT2D eigenvalue weighted by atomic mass is 10.1. The van der Waals surface area contributed by atoms with Crippen LogP contribution in [0.5, 0.6) is 5.88 Å². The Morgan fingerprint density at radius 1 is 1.42 bits per heavy atom. The highest BCUT2D eigenvalue weighted by Crippen LogP contribution is 2.28. The third kappa shape index (κ3) is 4.92. The lowest BCUT2D eigenvalue weighted by Gasteiger charge is -2.18. The number of aryl methyl sites for hydroxylation is 1. The zero-order valence-electron chi connectivity index (χ0n) is 18.2. The van der Waals surface area contributed by atoms with E-state index in [1.54, 1.807) is 48.1 Å². The fourth-order valence-corrected chi connectivity index (χ4v) is 3.39. The summed E-state index contributed by atoms with van der Waals surface area (Å²) in [5.74, 6) is 0.145. The van der Waals surface area contributed by atoms with E-state index in [-0.39, 0.29) is 29.2 Å². The number of imidazole rings is 1. The van der Waals surface area contributed by atoms with Crippen molar-refractivity contribution in [3.8, 4) is 23.3 Å². The van der Waals surface area contributed by atoms with Gasteiger partial charge in [0.2, 0.25) is 5.88 Å². The molecule has 11 heteroatoms. The number of carbonyl (C=O) groups is 1. The first kappa shape index (κ1) is 22.2. The summed E-state index contributed by atoms with van der Waals surface area (Å²) in [5, 5.41) is 9.19. The second-order valence-corrected chi connectivity index (χ2v) is 7.50. The summed E-state index contributed by atoms with van der Waals surface area (Å²) in [6.45, 7) is 2.67. The molecule has 2 atom stereocenters. The van der Waals surface area contributed by atoms with Crippen LogP contribution in [0.4, 0.5) is 5.82 Å². The molecule has 0 saturated carbocycles. The van der Waals surface area contributed by atoms with Crippen molar-refractivity contribution in [1.82, 2.24) is 25.0 Å². The second kappa shape index (κ2) is 9.64. The number of nitrogens with two attached hydrogens (primary N) is 1. The van der Waals surface area contributed by atoms with E-state index in [2.05, 4.69) is 26.5 Å². The number of hydroxylamine groups is 1. The highest BCUT2D eigenvalue weighted by atomic mass is 16.7. The average molecular weight is 449 g/mol. The van der Waals surface area contributed by atoms with E-state index in [1.807, 2.05) is 7.05 Å². The number of benzene rings is 1. The normalized spacial score (nSPS) is 16.2. The number of hydrogen-bond donors (Lipinski definition) is 2. The smallest absolute Gasteiger partial charge is 0.284 e. The van der Waals surface area contributed by atoms with Crippen LogP contribution in [0.15, 0.2) is 36.7 Å². The molecule has 1 saturated heterocycles. The number of nitriles is 1. The lowest BCUT2D eigenvalue weighted by Crippen LogP contribution is -2.29. The Labute approximate surface area is 190 Å². The van der Waals surface area contributed by atoms with Crippen LogP contribution in [0, 0.1) is 11.3 Å². The van der Waals surface area contributed by atoms with Crippen LogP contribution in [0.25, 0.3) is 11.4 Å². The number of nitrogen functional groups attached to an aromatic ring is 1. The third-order valence-electron chi connectivity index (χ3n) is 5.10. The molecule has 3 N–H and O–H groups in total. The van der Waals surface area contributed by atoms with E-state index in [9.17, 15) is 10.1 Å². The van der Waals surface area contributed by atoms with Gasteiger partial charge < -0.3 is 19.8 Å². The molecule has 1 aliphatic rings. The number of rotatable bonds is 7. The molecule has 1 unspecified atom stereocenters. The zero-order chi connectivity index (χ0) is 23.4. The number of carbonyl (C=O) groups excluding carboxylic acids is 1. The van der Waals surface area contributed by atoms with Gasteiger partial charge in [-0.1, -0.05) is 12.1 Å². The molecule has 0 aliphatic carbocycles. The van der Waals surface area contributed by atoms with E-state index in [4.69, 9.17) is 20.0 Å². The Balaban J connectivity index is 1.63. The number of anilines is 1. The molecule has 0 spiro atoms. The van der Waals surface area contributed by atoms with E-state index in [0.29, 0.717) is 36.6 Å². The molecule has 3 heterocycles. The maximum atomic E-state index is 13.0. The molecule has 1 aliphatic heterocycles.